The Kier molecular flexibility index (Phi) is 5.69. The number of nitrogens with one attached hydrogen (secondary N) is 1. The maximum atomic E-state index is 11.8. The van der Waals surface area contributed by atoms with Gasteiger partial charge in [0.05, 0.1) is 0 Å². The van der Waals surface area contributed by atoms with Crippen LogP contribution in [0.15, 0.2) is 18.2 Å². The van der Waals surface area contributed by atoms with Crippen molar-refractivity contribution in [3.63, 3.8) is 0 Å². The molecule has 0 aliphatic carbocycles. The fourth-order valence-electron chi connectivity index (χ4n) is 1.78. The van der Waals surface area contributed by atoms with Crippen molar-refractivity contribution < 1.29 is 9.90 Å². The van der Waals surface area contributed by atoms with Gasteiger partial charge in [-0.2, -0.15) is 0 Å². The third kappa shape index (κ3) is 4.78. The van der Waals surface area contributed by atoms with Gasteiger partial charge in [0.15, 0.2) is 0 Å². The Bertz CT molecular complexity index is 399. The molecule has 0 bridgehead atoms. The molecule has 0 atom stereocenters. The third-order valence-corrected chi connectivity index (χ3v) is 2.95. The van der Waals surface area contributed by atoms with Gasteiger partial charge >= 0.3 is 0 Å². The highest BCUT2D eigenvalue weighted by Crippen LogP contribution is 2.16. The van der Waals surface area contributed by atoms with Crippen LogP contribution < -0.4 is 5.32 Å². The number of benzene rings is 1. The molecule has 0 saturated carbocycles. The molecule has 0 aromatic heterocycles. The van der Waals surface area contributed by atoms with Crippen molar-refractivity contribution in [1.29, 1.82) is 0 Å². The van der Waals surface area contributed by atoms with Crippen LogP contribution >= 0.6 is 0 Å². The van der Waals surface area contributed by atoms with E-state index < -0.39 is 0 Å². The van der Waals surface area contributed by atoms with E-state index in [1.807, 2.05) is 0 Å². The van der Waals surface area contributed by atoms with Gasteiger partial charge in [-0.05, 0) is 43.0 Å². The quantitative estimate of drug-likeness (QED) is 0.760. The number of amides is 1. The van der Waals surface area contributed by atoms with E-state index in [9.17, 15) is 9.90 Å². The average Bonchev–Trinajstić information content (AvgIpc) is 2.31. The number of phenols is 1. The summed E-state index contributed by atoms with van der Waals surface area (Å²) in [5.41, 5.74) is 1.33. The second-order valence-corrected chi connectivity index (χ2v) is 5.15. The van der Waals surface area contributed by atoms with Crippen LogP contribution in [0.4, 0.5) is 0 Å². The van der Waals surface area contributed by atoms with Crippen LogP contribution in [0.1, 0.15) is 49.0 Å². The Morgan fingerprint density at radius 2 is 2.06 bits per heavy atom. The normalized spacial score (nSPS) is 10.7. The first-order valence-corrected chi connectivity index (χ1v) is 6.58. The molecular formula is C15H23NO2. The summed E-state index contributed by atoms with van der Waals surface area (Å²) in [6, 6.07) is 4.91. The molecule has 0 heterocycles. The maximum absolute atomic E-state index is 11.8. The zero-order chi connectivity index (χ0) is 13.5. The molecule has 0 fully saturated rings. The summed E-state index contributed by atoms with van der Waals surface area (Å²) in [7, 11) is 0. The number of phenolic OH excluding ortho intramolecular Hbond substituents is 1. The summed E-state index contributed by atoms with van der Waals surface area (Å²) < 4.78 is 0. The minimum atomic E-state index is -0.0670. The first-order valence-electron chi connectivity index (χ1n) is 6.58. The van der Waals surface area contributed by atoms with Crippen LogP contribution in [-0.2, 0) is 0 Å². The summed E-state index contributed by atoms with van der Waals surface area (Å²) in [5, 5.41) is 12.3. The van der Waals surface area contributed by atoms with E-state index in [0.717, 1.165) is 24.3 Å². The second kappa shape index (κ2) is 7.04. The Hall–Kier alpha value is -1.51. The van der Waals surface area contributed by atoms with Crippen LogP contribution in [0, 0.1) is 12.8 Å². The molecule has 2 N–H and O–H groups in total. The largest absolute Gasteiger partial charge is 0.508 e. The van der Waals surface area contributed by atoms with Crippen molar-refractivity contribution in [3.05, 3.63) is 29.3 Å². The molecule has 3 nitrogen and oxygen atoms in total. The number of hydrogen-bond donors (Lipinski definition) is 2. The van der Waals surface area contributed by atoms with Crippen molar-refractivity contribution >= 4 is 5.91 Å². The summed E-state index contributed by atoms with van der Waals surface area (Å²) in [6.45, 7) is 6.91. The highest BCUT2D eigenvalue weighted by Gasteiger charge is 2.06. The summed E-state index contributed by atoms with van der Waals surface area (Å²) in [4.78, 5) is 11.8. The molecule has 0 saturated heterocycles. The fourth-order valence-corrected chi connectivity index (χ4v) is 1.78. The van der Waals surface area contributed by atoms with E-state index in [1.165, 1.54) is 6.42 Å². The molecule has 0 spiro atoms. The molecule has 1 amide bonds. The van der Waals surface area contributed by atoms with Crippen LogP contribution in [0.5, 0.6) is 5.75 Å². The van der Waals surface area contributed by atoms with Gasteiger partial charge in [-0.3, -0.25) is 4.79 Å². The summed E-state index contributed by atoms with van der Waals surface area (Å²) >= 11 is 0. The minimum absolute atomic E-state index is 0.0670. The highest BCUT2D eigenvalue weighted by atomic mass is 16.3. The molecule has 18 heavy (non-hydrogen) atoms. The molecule has 0 unspecified atom stereocenters. The lowest BCUT2D eigenvalue weighted by Gasteiger charge is -2.07. The monoisotopic (exact) mass is 249 g/mol. The van der Waals surface area contributed by atoms with Crippen molar-refractivity contribution in [2.24, 2.45) is 5.92 Å². The van der Waals surface area contributed by atoms with E-state index in [1.54, 1.807) is 25.1 Å². The van der Waals surface area contributed by atoms with Crippen molar-refractivity contribution in [2.45, 2.75) is 40.0 Å². The zero-order valence-corrected chi connectivity index (χ0v) is 11.5. The predicted molar refractivity (Wildman–Crippen MR) is 73.9 cm³/mol. The van der Waals surface area contributed by atoms with Crippen molar-refractivity contribution in [3.8, 4) is 5.75 Å². The van der Waals surface area contributed by atoms with E-state index in [0.29, 0.717) is 12.1 Å². The molecule has 1 aromatic carbocycles. The van der Waals surface area contributed by atoms with Crippen LogP contribution in [0.2, 0.25) is 0 Å². The number of aromatic hydroxyl groups is 1. The molecule has 100 valence electrons. The molecular weight excluding hydrogens is 226 g/mol. The molecule has 1 rings (SSSR count). The number of rotatable bonds is 6. The predicted octanol–water partition coefficient (Wildman–Crippen LogP) is 3.26. The van der Waals surface area contributed by atoms with Crippen LogP contribution in [-0.4, -0.2) is 17.6 Å². The van der Waals surface area contributed by atoms with Crippen LogP contribution in [0.3, 0.4) is 0 Å². The number of carbonyl (C=O) groups is 1. The molecule has 0 radical (unpaired) electrons. The fraction of sp³-hybridized carbons (Fsp3) is 0.533. The van der Waals surface area contributed by atoms with E-state index in [-0.39, 0.29) is 11.7 Å². The smallest absolute Gasteiger partial charge is 0.251 e. The number of hydrogen-bond acceptors (Lipinski definition) is 2. The first-order chi connectivity index (χ1) is 8.50. The molecule has 1 aromatic rings. The lowest BCUT2D eigenvalue weighted by molar-refractivity contribution is 0.0953. The van der Waals surface area contributed by atoms with Crippen molar-refractivity contribution in [1.82, 2.24) is 5.32 Å². The maximum Gasteiger partial charge on any atom is 0.251 e. The standard InChI is InChI=1S/C15H23NO2/c1-11(2)6-4-5-9-16-15(18)13-7-8-14(17)12(3)10-13/h7-8,10-11,17H,4-6,9H2,1-3H3,(H,16,18). The third-order valence-electron chi connectivity index (χ3n) is 2.95. The molecule has 0 aliphatic heterocycles. The van der Waals surface area contributed by atoms with E-state index in [2.05, 4.69) is 19.2 Å². The second-order valence-electron chi connectivity index (χ2n) is 5.15. The minimum Gasteiger partial charge on any atom is -0.508 e. The van der Waals surface area contributed by atoms with Gasteiger partial charge in [0.25, 0.3) is 5.91 Å². The van der Waals surface area contributed by atoms with Gasteiger partial charge in [-0.1, -0.05) is 26.7 Å². The number of aryl methyl sites for hydroxylation is 1. The number of unbranched alkanes of at least 4 members (excludes halogenated alkanes) is 1. The number of carbonyl (C=O) groups excluding carboxylic acids is 1. The topological polar surface area (TPSA) is 49.3 Å². The van der Waals surface area contributed by atoms with Gasteiger partial charge in [-0.15, -0.1) is 0 Å². The Labute approximate surface area is 109 Å². The lowest BCUT2D eigenvalue weighted by Crippen LogP contribution is -2.24. The molecule has 0 aliphatic rings. The van der Waals surface area contributed by atoms with E-state index in [4.69, 9.17) is 0 Å². The zero-order valence-electron chi connectivity index (χ0n) is 11.5. The highest BCUT2D eigenvalue weighted by molar-refractivity contribution is 5.94. The SMILES string of the molecule is Cc1cc(C(=O)NCCCCC(C)C)ccc1O. The van der Waals surface area contributed by atoms with Gasteiger partial charge in [0, 0.05) is 12.1 Å². The van der Waals surface area contributed by atoms with Crippen molar-refractivity contribution in [2.75, 3.05) is 6.54 Å². The Morgan fingerprint density at radius 3 is 2.67 bits per heavy atom. The van der Waals surface area contributed by atoms with Gasteiger partial charge in [0.2, 0.25) is 0 Å². The summed E-state index contributed by atoms with van der Waals surface area (Å²) in [5.74, 6) is 0.881. The average molecular weight is 249 g/mol. The lowest BCUT2D eigenvalue weighted by atomic mass is 10.1. The Balaban J connectivity index is 2.34. The first kappa shape index (κ1) is 14.6. The Morgan fingerprint density at radius 1 is 1.33 bits per heavy atom. The van der Waals surface area contributed by atoms with E-state index >= 15 is 0 Å². The van der Waals surface area contributed by atoms with Gasteiger partial charge < -0.3 is 10.4 Å². The van der Waals surface area contributed by atoms with Gasteiger partial charge in [-0.25, -0.2) is 0 Å². The van der Waals surface area contributed by atoms with Crippen LogP contribution in [0.25, 0.3) is 0 Å². The summed E-state index contributed by atoms with van der Waals surface area (Å²) in [6.07, 6.45) is 3.36. The molecule has 3 heteroatoms. The van der Waals surface area contributed by atoms with Gasteiger partial charge in [0.1, 0.15) is 5.75 Å².